The molecule has 0 radical (unpaired) electrons. The van der Waals surface area contributed by atoms with Gasteiger partial charge < -0.3 is 19.7 Å². The van der Waals surface area contributed by atoms with Crippen molar-refractivity contribution in [3.8, 4) is 0 Å². The van der Waals surface area contributed by atoms with E-state index in [1.165, 1.54) is 12.8 Å². The number of nitrogens with one attached hydrogen (secondary N) is 1. The Hall–Kier alpha value is -1.30. The van der Waals surface area contributed by atoms with Gasteiger partial charge >= 0.3 is 12.1 Å². The van der Waals surface area contributed by atoms with E-state index in [0.29, 0.717) is 25.7 Å². The second kappa shape index (κ2) is 6.86. The summed E-state index contributed by atoms with van der Waals surface area (Å²) in [5.41, 5.74) is -0.528. The zero-order chi connectivity index (χ0) is 16.3. The first kappa shape index (κ1) is 17.1. The van der Waals surface area contributed by atoms with Crippen molar-refractivity contribution in [2.75, 3.05) is 19.7 Å². The molecule has 0 aromatic carbocycles. The van der Waals surface area contributed by atoms with Gasteiger partial charge in [0.2, 0.25) is 0 Å². The molecule has 1 amide bonds. The van der Waals surface area contributed by atoms with Crippen molar-refractivity contribution in [1.82, 2.24) is 10.2 Å². The molecule has 1 N–H and O–H groups in total. The van der Waals surface area contributed by atoms with E-state index in [-0.39, 0.29) is 24.0 Å². The van der Waals surface area contributed by atoms with Crippen LogP contribution in [0.2, 0.25) is 0 Å². The Morgan fingerprint density at radius 1 is 1.23 bits per heavy atom. The van der Waals surface area contributed by atoms with Crippen LogP contribution in [0, 0.1) is 5.92 Å². The van der Waals surface area contributed by atoms with E-state index in [1.54, 1.807) is 11.8 Å². The Balaban J connectivity index is 1.99. The largest absolute Gasteiger partial charge is 0.466 e. The number of carbonyl (C=O) groups is 2. The maximum atomic E-state index is 12.2. The van der Waals surface area contributed by atoms with Crippen LogP contribution in [0.4, 0.5) is 4.79 Å². The van der Waals surface area contributed by atoms with E-state index in [2.05, 4.69) is 5.32 Å². The number of piperidine rings is 1. The minimum absolute atomic E-state index is 0.0882. The molecule has 2 aliphatic rings. The van der Waals surface area contributed by atoms with E-state index in [1.807, 2.05) is 20.8 Å². The molecule has 2 atom stereocenters. The fourth-order valence-electron chi connectivity index (χ4n) is 2.68. The van der Waals surface area contributed by atoms with Crippen LogP contribution in [0.3, 0.4) is 0 Å². The summed E-state index contributed by atoms with van der Waals surface area (Å²) < 4.78 is 10.6. The van der Waals surface area contributed by atoms with Gasteiger partial charge in [0.05, 0.1) is 12.5 Å². The first-order chi connectivity index (χ1) is 10.3. The highest BCUT2D eigenvalue weighted by Crippen LogP contribution is 2.26. The van der Waals surface area contributed by atoms with Crippen LogP contribution >= 0.6 is 0 Å². The number of hydrogen-bond donors (Lipinski definition) is 1. The number of amides is 1. The monoisotopic (exact) mass is 312 g/mol. The molecule has 1 saturated heterocycles. The van der Waals surface area contributed by atoms with Gasteiger partial charge in [0.25, 0.3) is 0 Å². The number of hydrogen-bond acceptors (Lipinski definition) is 5. The molecule has 126 valence electrons. The summed E-state index contributed by atoms with van der Waals surface area (Å²) in [6.45, 7) is 8.65. The number of rotatable bonds is 4. The van der Waals surface area contributed by atoms with E-state index in [9.17, 15) is 9.59 Å². The lowest BCUT2D eigenvalue weighted by molar-refractivity contribution is -0.150. The van der Waals surface area contributed by atoms with Gasteiger partial charge in [-0.25, -0.2) is 4.79 Å². The lowest BCUT2D eigenvalue weighted by atomic mass is 9.92. The molecule has 1 heterocycles. The van der Waals surface area contributed by atoms with Gasteiger partial charge in [0, 0.05) is 25.2 Å². The molecule has 2 fully saturated rings. The quantitative estimate of drug-likeness (QED) is 0.803. The Labute approximate surface area is 132 Å². The number of ether oxygens (including phenoxy) is 2. The summed E-state index contributed by atoms with van der Waals surface area (Å²) in [4.78, 5) is 26.1. The molecule has 0 aromatic rings. The highest BCUT2D eigenvalue weighted by Gasteiger charge is 2.40. The van der Waals surface area contributed by atoms with Gasteiger partial charge in [0.1, 0.15) is 5.60 Å². The fourth-order valence-corrected chi connectivity index (χ4v) is 2.68. The summed E-state index contributed by atoms with van der Waals surface area (Å²) in [6.07, 6.45) is 2.73. The third-order valence-corrected chi connectivity index (χ3v) is 3.88. The number of esters is 1. The lowest BCUT2D eigenvalue weighted by Crippen LogP contribution is -2.55. The SMILES string of the molecule is CCOC(=O)[C@@H]1CN(C(=O)OC(C)(C)C)CC[C@H]1NC1CC1. The number of likely N-dealkylation sites (tertiary alicyclic amines) is 1. The van der Waals surface area contributed by atoms with Crippen molar-refractivity contribution in [1.29, 1.82) is 0 Å². The van der Waals surface area contributed by atoms with Crippen molar-refractivity contribution < 1.29 is 19.1 Å². The molecule has 0 spiro atoms. The first-order valence-corrected chi connectivity index (χ1v) is 8.20. The normalized spacial score (nSPS) is 25.7. The third kappa shape index (κ3) is 4.87. The molecule has 6 heteroatoms. The average Bonchev–Trinajstić information content (AvgIpc) is 3.21. The van der Waals surface area contributed by atoms with Crippen LogP contribution in [0.25, 0.3) is 0 Å². The maximum absolute atomic E-state index is 12.2. The maximum Gasteiger partial charge on any atom is 0.410 e. The first-order valence-electron chi connectivity index (χ1n) is 8.20. The zero-order valence-corrected chi connectivity index (χ0v) is 14.1. The van der Waals surface area contributed by atoms with Gasteiger partial charge in [-0.1, -0.05) is 0 Å². The molecular weight excluding hydrogens is 284 g/mol. The van der Waals surface area contributed by atoms with Crippen molar-refractivity contribution >= 4 is 12.1 Å². The fraction of sp³-hybridized carbons (Fsp3) is 0.875. The standard InChI is InChI=1S/C16H28N2O4/c1-5-21-14(19)12-10-18(15(20)22-16(2,3)4)9-8-13(12)17-11-6-7-11/h11-13,17H,5-10H2,1-4H3/t12-,13-/m1/s1. The highest BCUT2D eigenvalue weighted by molar-refractivity contribution is 5.75. The smallest absolute Gasteiger partial charge is 0.410 e. The van der Waals surface area contributed by atoms with Crippen molar-refractivity contribution in [2.45, 2.75) is 64.6 Å². The summed E-state index contributed by atoms with van der Waals surface area (Å²) in [5.74, 6) is -0.546. The molecule has 0 bridgehead atoms. The molecule has 0 unspecified atom stereocenters. The molecule has 1 aliphatic heterocycles. The zero-order valence-electron chi connectivity index (χ0n) is 14.1. The third-order valence-electron chi connectivity index (χ3n) is 3.88. The molecular formula is C16H28N2O4. The van der Waals surface area contributed by atoms with Crippen LogP contribution in [0.1, 0.15) is 47.0 Å². The van der Waals surface area contributed by atoms with Gasteiger partial charge in [-0.3, -0.25) is 4.79 Å². The molecule has 22 heavy (non-hydrogen) atoms. The van der Waals surface area contributed by atoms with Crippen molar-refractivity contribution in [3.63, 3.8) is 0 Å². The summed E-state index contributed by atoms with van der Waals surface area (Å²) in [6, 6.07) is 0.611. The molecule has 1 saturated carbocycles. The van der Waals surface area contributed by atoms with Gasteiger partial charge in [-0.05, 0) is 47.0 Å². The van der Waals surface area contributed by atoms with Crippen LogP contribution < -0.4 is 5.32 Å². The van der Waals surface area contributed by atoms with E-state index >= 15 is 0 Å². The van der Waals surface area contributed by atoms with Crippen LogP contribution in [0.15, 0.2) is 0 Å². The van der Waals surface area contributed by atoms with Crippen LogP contribution in [-0.2, 0) is 14.3 Å². The van der Waals surface area contributed by atoms with E-state index < -0.39 is 5.60 Å². The minimum atomic E-state index is -0.528. The Bertz CT molecular complexity index is 415. The summed E-state index contributed by atoms with van der Waals surface area (Å²) >= 11 is 0. The van der Waals surface area contributed by atoms with Crippen LogP contribution in [0.5, 0.6) is 0 Å². The van der Waals surface area contributed by atoms with Gasteiger partial charge in [-0.2, -0.15) is 0 Å². The van der Waals surface area contributed by atoms with E-state index in [0.717, 1.165) is 6.42 Å². The molecule has 6 nitrogen and oxygen atoms in total. The number of nitrogens with zero attached hydrogens (tertiary/aromatic N) is 1. The minimum Gasteiger partial charge on any atom is -0.466 e. The summed E-state index contributed by atoms with van der Waals surface area (Å²) in [7, 11) is 0. The highest BCUT2D eigenvalue weighted by atomic mass is 16.6. The van der Waals surface area contributed by atoms with Crippen molar-refractivity contribution in [2.24, 2.45) is 5.92 Å². The Kier molecular flexibility index (Phi) is 5.32. The molecule has 2 rings (SSSR count). The average molecular weight is 312 g/mol. The topological polar surface area (TPSA) is 67.9 Å². The van der Waals surface area contributed by atoms with Crippen molar-refractivity contribution in [3.05, 3.63) is 0 Å². The lowest BCUT2D eigenvalue weighted by Gasteiger charge is -2.38. The van der Waals surface area contributed by atoms with Gasteiger partial charge in [0.15, 0.2) is 0 Å². The molecule has 1 aliphatic carbocycles. The number of carbonyl (C=O) groups excluding carboxylic acids is 2. The Morgan fingerprint density at radius 2 is 1.91 bits per heavy atom. The van der Waals surface area contributed by atoms with Gasteiger partial charge in [-0.15, -0.1) is 0 Å². The van der Waals surface area contributed by atoms with E-state index in [4.69, 9.17) is 9.47 Å². The Morgan fingerprint density at radius 3 is 2.45 bits per heavy atom. The predicted octanol–water partition coefficient (Wildman–Crippen LogP) is 1.93. The second-order valence-electron chi connectivity index (χ2n) is 7.12. The predicted molar refractivity (Wildman–Crippen MR) is 82.5 cm³/mol. The molecule has 0 aromatic heterocycles. The summed E-state index contributed by atoms with van der Waals surface area (Å²) in [5, 5.41) is 3.51. The second-order valence-corrected chi connectivity index (χ2v) is 7.12. The van der Waals surface area contributed by atoms with Crippen LogP contribution in [-0.4, -0.2) is 54.3 Å².